The molecule has 0 aliphatic heterocycles. The first-order valence-electron chi connectivity index (χ1n) is 19.8. The van der Waals surface area contributed by atoms with Crippen molar-refractivity contribution in [2.45, 2.75) is 20.8 Å². The number of fused-ring (bicyclic) bond motifs is 9. The number of aromatic nitrogens is 3. The van der Waals surface area contributed by atoms with E-state index < -0.39 is 0 Å². The minimum absolute atomic E-state index is 0. The molecule has 12 rings (SSSR count). The fourth-order valence-corrected chi connectivity index (χ4v) is 7.90. The van der Waals surface area contributed by atoms with Gasteiger partial charge in [0.05, 0.1) is 16.7 Å². The van der Waals surface area contributed by atoms with E-state index in [1.54, 1.807) is 18.6 Å². The number of benzene rings is 6. The van der Waals surface area contributed by atoms with Crippen molar-refractivity contribution in [3.8, 4) is 33.8 Å². The van der Waals surface area contributed by atoms with Gasteiger partial charge >= 0.3 is 20.1 Å². The number of nitrogens with zero attached hydrogens (tertiary/aromatic N) is 3. The van der Waals surface area contributed by atoms with Crippen LogP contribution in [0.1, 0.15) is 16.7 Å². The van der Waals surface area contributed by atoms with E-state index in [-0.39, 0.29) is 20.1 Å². The van der Waals surface area contributed by atoms with E-state index in [9.17, 15) is 0 Å². The largest absolute Gasteiger partial charge is 3.00 e. The van der Waals surface area contributed by atoms with Crippen LogP contribution < -0.4 is 0 Å². The van der Waals surface area contributed by atoms with Crippen molar-refractivity contribution in [3.63, 3.8) is 0 Å². The summed E-state index contributed by atoms with van der Waals surface area (Å²) in [6, 6.07) is 57.9. The van der Waals surface area contributed by atoms with Crippen LogP contribution in [0.15, 0.2) is 177 Å². The smallest absolute Gasteiger partial charge is 0.501 e. The molecular weight excluding hydrogens is 931 g/mol. The standard InChI is InChI=1S/3C18H12NO.Ir/c3*1-12-9-10-13(15-7-4-5-11-19-15)18-17(12)14-6-2-3-8-16(14)20-18;/h3*2-9,11H,1H3;/q3*-1;+3. The minimum Gasteiger partial charge on any atom is -0.501 e. The molecule has 0 aliphatic rings. The summed E-state index contributed by atoms with van der Waals surface area (Å²) < 4.78 is 18.1. The zero-order chi connectivity index (χ0) is 40.6. The second kappa shape index (κ2) is 16.8. The van der Waals surface area contributed by atoms with Crippen LogP contribution in [-0.4, -0.2) is 15.0 Å². The molecule has 0 aliphatic carbocycles. The van der Waals surface area contributed by atoms with Gasteiger partial charge < -0.3 is 28.2 Å². The van der Waals surface area contributed by atoms with Crippen molar-refractivity contribution >= 4 is 65.8 Å². The molecule has 7 heteroatoms. The molecule has 0 unspecified atom stereocenters. The van der Waals surface area contributed by atoms with Crippen LogP contribution in [0.3, 0.4) is 0 Å². The summed E-state index contributed by atoms with van der Waals surface area (Å²) in [5.74, 6) is 0. The van der Waals surface area contributed by atoms with Gasteiger partial charge in [-0.05, 0) is 53.5 Å². The Balaban J connectivity index is 0.000000116. The maximum Gasteiger partial charge on any atom is 3.00 e. The zero-order valence-corrected chi connectivity index (χ0v) is 35.9. The Bertz CT molecular complexity index is 3100. The molecule has 6 nitrogen and oxygen atoms in total. The Morgan fingerprint density at radius 2 is 0.639 bits per heavy atom. The van der Waals surface area contributed by atoms with Gasteiger partial charge in [0.25, 0.3) is 0 Å². The average molecular weight is 967 g/mol. The summed E-state index contributed by atoms with van der Waals surface area (Å²) in [6.45, 7) is 6.26. The van der Waals surface area contributed by atoms with Gasteiger partial charge in [-0.25, -0.2) is 0 Å². The van der Waals surface area contributed by atoms with E-state index in [0.717, 1.165) is 99.6 Å². The van der Waals surface area contributed by atoms with Crippen LogP contribution in [0.4, 0.5) is 0 Å². The number of rotatable bonds is 3. The summed E-state index contributed by atoms with van der Waals surface area (Å²) in [7, 11) is 0. The first kappa shape index (κ1) is 39.3. The van der Waals surface area contributed by atoms with E-state index in [1.165, 1.54) is 16.7 Å². The fourth-order valence-electron chi connectivity index (χ4n) is 7.90. The number of furan rings is 3. The predicted molar refractivity (Wildman–Crippen MR) is 242 cm³/mol. The molecule has 0 fully saturated rings. The third kappa shape index (κ3) is 7.29. The Morgan fingerprint density at radius 3 is 0.918 bits per heavy atom. The fraction of sp³-hybridized carbons (Fsp3) is 0.0556. The van der Waals surface area contributed by atoms with Gasteiger partial charge in [-0.15, -0.1) is 53.1 Å². The molecule has 61 heavy (non-hydrogen) atoms. The number of hydrogen-bond acceptors (Lipinski definition) is 6. The Kier molecular flexibility index (Phi) is 10.8. The quantitative estimate of drug-likeness (QED) is 0.164. The number of hydrogen-bond donors (Lipinski definition) is 0. The summed E-state index contributed by atoms with van der Waals surface area (Å²) in [5.41, 5.74) is 14.2. The third-order valence-electron chi connectivity index (χ3n) is 10.7. The van der Waals surface area contributed by atoms with Crippen LogP contribution in [0.5, 0.6) is 0 Å². The molecule has 0 atom stereocenters. The van der Waals surface area contributed by atoms with E-state index in [0.29, 0.717) is 0 Å². The van der Waals surface area contributed by atoms with Gasteiger partial charge in [0, 0.05) is 34.7 Å². The van der Waals surface area contributed by atoms with Gasteiger partial charge in [-0.3, -0.25) is 0 Å². The molecule has 294 valence electrons. The third-order valence-corrected chi connectivity index (χ3v) is 10.7. The molecule has 6 aromatic carbocycles. The summed E-state index contributed by atoms with van der Waals surface area (Å²) in [6.07, 6.45) is 5.37. The summed E-state index contributed by atoms with van der Waals surface area (Å²) >= 11 is 0. The molecule has 0 saturated heterocycles. The van der Waals surface area contributed by atoms with Crippen molar-refractivity contribution in [3.05, 3.63) is 199 Å². The van der Waals surface area contributed by atoms with E-state index in [4.69, 9.17) is 13.3 Å². The number of pyridine rings is 3. The van der Waals surface area contributed by atoms with E-state index in [2.05, 4.69) is 72.1 Å². The van der Waals surface area contributed by atoms with Crippen LogP contribution in [0.2, 0.25) is 0 Å². The van der Waals surface area contributed by atoms with Crippen molar-refractivity contribution in [1.29, 1.82) is 0 Å². The van der Waals surface area contributed by atoms with E-state index >= 15 is 0 Å². The molecule has 6 aromatic heterocycles. The first-order chi connectivity index (χ1) is 29.5. The normalized spacial score (nSPS) is 11.1. The first-order valence-corrected chi connectivity index (χ1v) is 19.8. The summed E-state index contributed by atoms with van der Waals surface area (Å²) in [4.78, 5) is 13.2. The van der Waals surface area contributed by atoms with Crippen LogP contribution in [0, 0.1) is 39.0 Å². The molecule has 0 spiro atoms. The average Bonchev–Trinajstić information content (AvgIpc) is 4.02. The predicted octanol–water partition coefficient (Wildman–Crippen LogP) is 14.3. The Morgan fingerprint density at radius 1 is 0.361 bits per heavy atom. The second-order valence-electron chi connectivity index (χ2n) is 14.6. The van der Waals surface area contributed by atoms with Gasteiger partial charge in [-0.2, -0.15) is 0 Å². The topological polar surface area (TPSA) is 78.1 Å². The van der Waals surface area contributed by atoms with Gasteiger partial charge in [0.2, 0.25) is 0 Å². The molecule has 0 bridgehead atoms. The zero-order valence-electron chi connectivity index (χ0n) is 33.5. The molecule has 0 N–H and O–H groups in total. The molecule has 6 heterocycles. The van der Waals surface area contributed by atoms with Crippen LogP contribution in [-0.2, 0) is 20.1 Å². The maximum absolute atomic E-state index is 6.05. The van der Waals surface area contributed by atoms with Gasteiger partial charge in [-0.1, -0.05) is 145 Å². The minimum atomic E-state index is 0. The molecule has 0 radical (unpaired) electrons. The van der Waals surface area contributed by atoms with Crippen LogP contribution in [0.25, 0.3) is 99.6 Å². The number of aryl methyl sites for hydroxylation is 3. The van der Waals surface area contributed by atoms with Gasteiger partial charge in [0.1, 0.15) is 16.7 Å². The number of para-hydroxylation sites is 3. The molecule has 12 aromatic rings. The SMILES string of the molecule is Cc1c[c-]c(-c2ccccn2)c2oc3ccccc3c12.Cc1c[c-]c(-c2ccccn2)c2oc3ccccc3c12.Cc1c[c-]c(-c2ccccn2)c2oc3ccccc3c12.[Ir+3]. The molecule has 0 amide bonds. The molecule has 0 saturated carbocycles. The van der Waals surface area contributed by atoms with Crippen molar-refractivity contribution in [2.24, 2.45) is 0 Å². The monoisotopic (exact) mass is 967 g/mol. The molecular formula is C54H36IrN3O3. The van der Waals surface area contributed by atoms with E-state index in [1.807, 2.05) is 127 Å². The van der Waals surface area contributed by atoms with Crippen molar-refractivity contribution in [2.75, 3.05) is 0 Å². The maximum atomic E-state index is 6.05. The second-order valence-corrected chi connectivity index (χ2v) is 14.6. The van der Waals surface area contributed by atoms with Crippen molar-refractivity contribution in [1.82, 2.24) is 15.0 Å². The summed E-state index contributed by atoms with van der Waals surface area (Å²) in [5, 5.41) is 6.89. The Labute approximate surface area is 365 Å². The van der Waals surface area contributed by atoms with Crippen molar-refractivity contribution < 1.29 is 33.4 Å². The Hall–Kier alpha value is -7.18. The van der Waals surface area contributed by atoms with Gasteiger partial charge in [0.15, 0.2) is 0 Å². The van der Waals surface area contributed by atoms with Crippen LogP contribution >= 0.6 is 0 Å².